The van der Waals surface area contributed by atoms with Crippen LogP contribution in [0, 0.1) is 5.41 Å². The Bertz CT molecular complexity index is 931. The predicted octanol–water partition coefficient (Wildman–Crippen LogP) is 1.34. The number of nitrogens with two attached hydrogens (primary N) is 1. The van der Waals surface area contributed by atoms with Crippen molar-refractivity contribution in [2.24, 2.45) is 5.73 Å². The molecule has 0 radical (unpaired) electrons. The zero-order valence-corrected chi connectivity index (χ0v) is 21.9. The van der Waals surface area contributed by atoms with Gasteiger partial charge in [0, 0.05) is 56.3 Å². The standard InChI is InChI=1S/C23H38N5O2.C2HF3O2/c1-23(2,3)30-21(29)17-28(4)15-9-20(10-16-28)27-13-11-26(12-14-27)19-7-5-18(6-8-19)22(24)25;3-2(4,5)1(6)7/h5-8,20H,9-17H2,1-4H3,(H3,24,25);(H,6,7)/q+1;/p-1/t20-,28+;. The Balaban J connectivity index is 0.000000604. The van der Waals surface area contributed by atoms with Crippen LogP contribution in [0.4, 0.5) is 18.9 Å². The van der Waals surface area contributed by atoms with Gasteiger partial charge in [-0.25, -0.2) is 4.79 Å². The quantitative estimate of drug-likeness (QED) is 0.255. The summed E-state index contributed by atoms with van der Waals surface area (Å²) in [5.74, 6) is -2.99. The average Bonchev–Trinajstić information content (AvgIpc) is 2.78. The molecule has 2 heterocycles. The first-order valence-electron chi connectivity index (χ1n) is 12.3. The monoisotopic (exact) mass is 529 g/mol. The number of rotatable bonds is 5. The van der Waals surface area contributed by atoms with E-state index in [4.69, 9.17) is 25.8 Å². The fourth-order valence-corrected chi connectivity index (χ4v) is 4.58. The summed E-state index contributed by atoms with van der Waals surface area (Å²) in [5, 5.41) is 16.3. The van der Waals surface area contributed by atoms with E-state index in [2.05, 4.69) is 29.0 Å². The molecule has 208 valence electrons. The lowest BCUT2D eigenvalue weighted by atomic mass is 10.00. The highest BCUT2D eigenvalue weighted by molar-refractivity contribution is 5.95. The van der Waals surface area contributed by atoms with Gasteiger partial charge in [-0.05, 0) is 45.0 Å². The fraction of sp³-hybridized carbons (Fsp3) is 0.640. The van der Waals surface area contributed by atoms with E-state index in [9.17, 15) is 18.0 Å². The van der Waals surface area contributed by atoms with Crippen molar-refractivity contribution in [2.45, 2.75) is 51.4 Å². The number of benzene rings is 1. The molecule has 0 amide bonds. The van der Waals surface area contributed by atoms with E-state index in [1.807, 2.05) is 32.9 Å². The van der Waals surface area contributed by atoms with Crippen molar-refractivity contribution in [1.29, 1.82) is 5.41 Å². The molecule has 1 aromatic carbocycles. The molecule has 3 rings (SSSR count). The van der Waals surface area contributed by atoms with E-state index in [1.54, 1.807) is 0 Å². The molecule has 0 atom stereocenters. The molecule has 0 unspecified atom stereocenters. The fourth-order valence-electron chi connectivity index (χ4n) is 4.58. The van der Waals surface area contributed by atoms with Crippen LogP contribution < -0.4 is 15.7 Å². The molecular formula is C25H38F3N5O4. The second kappa shape index (κ2) is 12.1. The maximum absolute atomic E-state index is 12.3. The number of likely N-dealkylation sites (N-methyl/N-ethyl adjacent to an activating group) is 1. The summed E-state index contributed by atoms with van der Waals surface area (Å²) >= 11 is 0. The number of quaternary nitrogens is 1. The van der Waals surface area contributed by atoms with Crippen molar-refractivity contribution >= 4 is 23.5 Å². The number of hydrogen-bond donors (Lipinski definition) is 2. The maximum Gasteiger partial charge on any atom is 0.430 e. The molecule has 2 fully saturated rings. The van der Waals surface area contributed by atoms with Gasteiger partial charge in [0.05, 0.1) is 20.1 Å². The Morgan fingerprint density at radius 1 is 1.08 bits per heavy atom. The van der Waals surface area contributed by atoms with Gasteiger partial charge in [0.15, 0.2) is 6.54 Å². The highest BCUT2D eigenvalue weighted by atomic mass is 19.4. The molecular weight excluding hydrogens is 491 g/mol. The molecule has 12 heteroatoms. The van der Waals surface area contributed by atoms with E-state index >= 15 is 0 Å². The van der Waals surface area contributed by atoms with Crippen LogP contribution in [-0.2, 0) is 14.3 Å². The number of carbonyl (C=O) groups excluding carboxylic acids is 2. The van der Waals surface area contributed by atoms with Crippen molar-refractivity contribution in [3.63, 3.8) is 0 Å². The first-order valence-corrected chi connectivity index (χ1v) is 12.3. The highest BCUT2D eigenvalue weighted by Gasteiger charge is 2.36. The third kappa shape index (κ3) is 9.84. The van der Waals surface area contributed by atoms with Crippen LogP contribution in [0.1, 0.15) is 39.2 Å². The Morgan fingerprint density at radius 2 is 1.57 bits per heavy atom. The maximum atomic E-state index is 12.3. The molecule has 0 aliphatic carbocycles. The Morgan fingerprint density at radius 3 is 1.97 bits per heavy atom. The SMILES string of the molecule is CC(C)(C)OC(=O)C[N@+]1(C)CC[C@H](N2CCN(c3ccc(C(=N)N)cc3)CC2)CC1.O=C([O-])C(F)(F)F. The largest absolute Gasteiger partial charge is 0.542 e. The third-order valence-corrected chi connectivity index (χ3v) is 6.54. The lowest BCUT2D eigenvalue weighted by molar-refractivity contribution is -0.907. The minimum absolute atomic E-state index is 0.0899. The lowest BCUT2D eigenvalue weighted by Gasteiger charge is -2.46. The Hall–Kier alpha value is -2.86. The third-order valence-electron chi connectivity index (χ3n) is 6.54. The van der Waals surface area contributed by atoms with Crippen molar-refractivity contribution in [3.8, 4) is 0 Å². The van der Waals surface area contributed by atoms with Gasteiger partial charge >= 0.3 is 12.1 Å². The van der Waals surface area contributed by atoms with Crippen LogP contribution >= 0.6 is 0 Å². The molecule has 0 bridgehead atoms. The average molecular weight is 530 g/mol. The van der Waals surface area contributed by atoms with Crippen LogP contribution in [0.15, 0.2) is 24.3 Å². The summed E-state index contributed by atoms with van der Waals surface area (Å²) in [6.45, 7) is 12.4. The van der Waals surface area contributed by atoms with Gasteiger partial charge in [0.2, 0.25) is 0 Å². The second-order valence-corrected chi connectivity index (χ2v) is 10.8. The highest BCUT2D eigenvalue weighted by Crippen LogP contribution is 2.24. The molecule has 0 saturated carbocycles. The zero-order valence-electron chi connectivity index (χ0n) is 21.9. The number of piperazine rings is 1. The second-order valence-electron chi connectivity index (χ2n) is 10.8. The first-order chi connectivity index (χ1) is 17.0. The molecule has 2 aliphatic heterocycles. The molecule has 0 aromatic heterocycles. The van der Waals surface area contributed by atoms with Crippen LogP contribution in [0.5, 0.6) is 0 Å². The topological polar surface area (TPSA) is 123 Å². The minimum atomic E-state index is -5.19. The summed E-state index contributed by atoms with van der Waals surface area (Å²) in [5.41, 5.74) is 7.11. The molecule has 2 aliphatic rings. The van der Waals surface area contributed by atoms with E-state index in [0.717, 1.165) is 62.2 Å². The van der Waals surface area contributed by atoms with Gasteiger partial charge in [-0.3, -0.25) is 10.3 Å². The van der Waals surface area contributed by atoms with Gasteiger partial charge in [-0.2, -0.15) is 13.2 Å². The van der Waals surface area contributed by atoms with E-state index in [-0.39, 0.29) is 11.8 Å². The van der Waals surface area contributed by atoms with E-state index in [0.29, 0.717) is 12.6 Å². The zero-order chi connectivity index (χ0) is 28.0. The van der Waals surface area contributed by atoms with Crippen molar-refractivity contribution < 1.29 is 37.1 Å². The van der Waals surface area contributed by atoms with Gasteiger partial charge in [0.25, 0.3) is 0 Å². The number of esters is 1. The summed E-state index contributed by atoms with van der Waals surface area (Å²) in [7, 11) is 2.18. The number of nitrogens with zero attached hydrogens (tertiary/aromatic N) is 3. The summed E-state index contributed by atoms with van der Waals surface area (Å²) in [4.78, 5) is 26.1. The molecule has 0 spiro atoms. The van der Waals surface area contributed by atoms with Crippen molar-refractivity contribution in [3.05, 3.63) is 29.8 Å². The van der Waals surface area contributed by atoms with E-state index in [1.165, 1.54) is 5.69 Å². The molecule has 1 aromatic rings. The number of anilines is 1. The molecule has 2 saturated heterocycles. The number of piperidine rings is 1. The summed E-state index contributed by atoms with van der Waals surface area (Å²) in [6.07, 6.45) is -2.93. The van der Waals surface area contributed by atoms with Gasteiger partial charge in [0.1, 0.15) is 17.4 Å². The minimum Gasteiger partial charge on any atom is -0.542 e. The number of likely N-dealkylation sites (tertiary alicyclic amines) is 1. The van der Waals surface area contributed by atoms with Crippen molar-refractivity contribution in [1.82, 2.24) is 4.90 Å². The smallest absolute Gasteiger partial charge is 0.430 e. The first kappa shape index (κ1) is 30.4. The molecule has 3 N–H and O–H groups in total. The van der Waals surface area contributed by atoms with Crippen LogP contribution in [0.3, 0.4) is 0 Å². The normalized spacial score (nSPS) is 23.0. The lowest BCUT2D eigenvalue weighted by Crippen LogP contribution is -2.59. The Labute approximate surface area is 216 Å². The number of nitrogens with one attached hydrogen (secondary N) is 1. The van der Waals surface area contributed by atoms with Gasteiger partial charge < -0.3 is 29.8 Å². The van der Waals surface area contributed by atoms with E-state index < -0.39 is 17.7 Å². The van der Waals surface area contributed by atoms with Crippen molar-refractivity contribution in [2.75, 3.05) is 57.8 Å². The number of carboxylic acids is 1. The number of ether oxygens (including phenoxy) is 1. The number of hydrogen-bond acceptors (Lipinski definition) is 7. The number of carbonyl (C=O) groups is 2. The predicted molar refractivity (Wildman–Crippen MR) is 132 cm³/mol. The molecule has 9 nitrogen and oxygen atoms in total. The van der Waals surface area contributed by atoms with Crippen LogP contribution in [-0.4, -0.2) is 97.8 Å². The molecule has 37 heavy (non-hydrogen) atoms. The number of nitrogen functional groups attached to an aromatic ring is 1. The Kier molecular flexibility index (Phi) is 9.95. The van der Waals surface area contributed by atoms with Crippen LogP contribution in [0.2, 0.25) is 0 Å². The number of carboxylic acid groups (broad SMARTS) is 1. The van der Waals surface area contributed by atoms with Gasteiger partial charge in [-0.1, -0.05) is 0 Å². The summed E-state index contributed by atoms with van der Waals surface area (Å²) in [6, 6.07) is 8.58. The number of aliphatic carboxylic acids is 1. The van der Waals surface area contributed by atoms with Gasteiger partial charge in [-0.15, -0.1) is 0 Å². The number of alkyl halides is 3. The number of halogens is 3. The number of amidine groups is 1. The summed E-state index contributed by atoms with van der Waals surface area (Å²) < 4.78 is 37.9. The van der Waals surface area contributed by atoms with Crippen LogP contribution in [0.25, 0.3) is 0 Å².